The van der Waals surface area contributed by atoms with Gasteiger partial charge in [-0.25, -0.2) is 0 Å². The van der Waals surface area contributed by atoms with Gasteiger partial charge < -0.3 is 4.90 Å². The van der Waals surface area contributed by atoms with E-state index in [1.165, 1.54) is 70.7 Å². The highest BCUT2D eigenvalue weighted by molar-refractivity contribution is 6.16. The van der Waals surface area contributed by atoms with Gasteiger partial charge in [0.15, 0.2) is 0 Å². The molecule has 0 radical (unpaired) electrons. The maximum atomic E-state index is 2.46. The third kappa shape index (κ3) is 4.17. The fraction of sp³-hybridized carbons (Fsp3) is 0. The smallest absolute Gasteiger partial charge is 0.0546 e. The molecule has 0 amide bonds. The molecule has 9 aromatic rings. The number of rotatable bonds is 4. The van der Waals surface area contributed by atoms with Crippen LogP contribution in [0.1, 0.15) is 0 Å². The molecule has 0 aliphatic rings. The number of anilines is 3. The Balaban J connectivity index is 1.35. The summed E-state index contributed by atoms with van der Waals surface area (Å²) in [7, 11) is 0. The minimum Gasteiger partial charge on any atom is -0.309 e. The molecule has 0 aromatic heterocycles. The summed E-state index contributed by atoms with van der Waals surface area (Å²) in [4.78, 5) is 2.46. The first-order valence-corrected chi connectivity index (χ1v) is 15.5. The number of benzene rings is 9. The average molecular weight is 572 g/mol. The Bertz CT molecular complexity index is 2550. The first-order valence-electron chi connectivity index (χ1n) is 15.5. The maximum absolute atomic E-state index is 2.46. The second kappa shape index (κ2) is 10.4. The van der Waals surface area contributed by atoms with E-state index in [1.54, 1.807) is 0 Å². The molecule has 0 unspecified atom stereocenters. The Labute approximate surface area is 262 Å². The molecule has 0 heterocycles. The molecule has 1 heteroatoms. The van der Waals surface area contributed by atoms with E-state index in [0.717, 1.165) is 11.4 Å². The molecule has 9 aromatic carbocycles. The standard InChI is InChI=1S/C44H29N/c1-6-21-37-30(13-1)16-12-26-43(37)45(44-29-33-15-3-5-20-36(33)39-23-9-10-25-41(39)44)34-18-11-17-31(27-34)42-28-32-14-2-4-19-35(32)38-22-7-8-24-40(38)42/h1-29H. The normalized spacial score (nSPS) is 11.6. The van der Waals surface area contributed by atoms with Crippen molar-refractivity contribution in [1.29, 1.82) is 0 Å². The first-order chi connectivity index (χ1) is 22.3. The lowest BCUT2D eigenvalue weighted by Gasteiger charge is -2.29. The lowest BCUT2D eigenvalue weighted by molar-refractivity contribution is 1.32. The van der Waals surface area contributed by atoms with Gasteiger partial charge in [-0.05, 0) is 84.5 Å². The van der Waals surface area contributed by atoms with Gasteiger partial charge in [0.1, 0.15) is 0 Å². The Hall–Kier alpha value is -5.92. The van der Waals surface area contributed by atoms with E-state index in [9.17, 15) is 0 Å². The SMILES string of the molecule is c1cc(-c2cc3ccccc3c3ccccc23)cc(N(c2cccc3ccccc23)c2cc3ccccc3c3ccccc23)c1. The second-order valence-electron chi connectivity index (χ2n) is 11.7. The molecule has 210 valence electrons. The monoisotopic (exact) mass is 571 g/mol. The fourth-order valence-corrected chi connectivity index (χ4v) is 7.14. The summed E-state index contributed by atoms with van der Waals surface area (Å²) in [5.74, 6) is 0. The van der Waals surface area contributed by atoms with Gasteiger partial charge >= 0.3 is 0 Å². The Morgan fingerprint density at radius 3 is 1.53 bits per heavy atom. The minimum absolute atomic E-state index is 1.13. The number of nitrogens with zero attached hydrogens (tertiary/aromatic N) is 1. The summed E-state index contributed by atoms with van der Waals surface area (Å²) >= 11 is 0. The minimum atomic E-state index is 1.13. The summed E-state index contributed by atoms with van der Waals surface area (Å²) in [6.07, 6.45) is 0. The highest BCUT2D eigenvalue weighted by atomic mass is 15.1. The van der Waals surface area contributed by atoms with Crippen LogP contribution in [-0.2, 0) is 0 Å². The van der Waals surface area contributed by atoms with Crippen LogP contribution in [0.25, 0.3) is 65.0 Å². The summed E-state index contributed by atoms with van der Waals surface area (Å²) in [6.45, 7) is 0. The molecule has 0 saturated carbocycles. The van der Waals surface area contributed by atoms with Crippen molar-refractivity contribution in [3.8, 4) is 11.1 Å². The zero-order valence-electron chi connectivity index (χ0n) is 24.7. The van der Waals surface area contributed by atoms with Crippen molar-refractivity contribution in [3.63, 3.8) is 0 Å². The van der Waals surface area contributed by atoms with E-state index in [0.29, 0.717) is 0 Å². The lowest BCUT2D eigenvalue weighted by Crippen LogP contribution is -2.11. The van der Waals surface area contributed by atoms with Crippen molar-refractivity contribution in [2.45, 2.75) is 0 Å². The topological polar surface area (TPSA) is 3.24 Å². The maximum Gasteiger partial charge on any atom is 0.0546 e. The molecular weight excluding hydrogens is 542 g/mol. The van der Waals surface area contributed by atoms with Crippen molar-refractivity contribution in [2.75, 3.05) is 4.90 Å². The van der Waals surface area contributed by atoms with Crippen LogP contribution < -0.4 is 4.90 Å². The molecule has 9 rings (SSSR count). The van der Waals surface area contributed by atoms with E-state index in [2.05, 4.69) is 181 Å². The van der Waals surface area contributed by atoms with E-state index in [-0.39, 0.29) is 0 Å². The Morgan fingerprint density at radius 2 is 0.800 bits per heavy atom. The Kier molecular flexibility index (Phi) is 5.89. The summed E-state index contributed by atoms with van der Waals surface area (Å²) in [5.41, 5.74) is 5.90. The van der Waals surface area contributed by atoms with E-state index >= 15 is 0 Å². The summed E-state index contributed by atoms with van der Waals surface area (Å²) < 4.78 is 0. The van der Waals surface area contributed by atoms with E-state index in [1.807, 2.05) is 0 Å². The number of hydrogen-bond donors (Lipinski definition) is 0. The van der Waals surface area contributed by atoms with E-state index in [4.69, 9.17) is 0 Å². The number of hydrogen-bond acceptors (Lipinski definition) is 1. The van der Waals surface area contributed by atoms with Crippen LogP contribution in [-0.4, -0.2) is 0 Å². The molecule has 0 bridgehead atoms. The van der Waals surface area contributed by atoms with Gasteiger partial charge in [0.25, 0.3) is 0 Å². The van der Waals surface area contributed by atoms with Crippen molar-refractivity contribution >= 4 is 70.9 Å². The first kappa shape index (κ1) is 25.6. The van der Waals surface area contributed by atoms with Crippen LogP contribution in [0.5, 0.6) is 0 Å². The zero-order chi connectivity index (χ0) is 29.7. The van der Waals surface area contributed by atoms with Crippen LogP contribution in [0.4, 0.5) is 17.1 Å². The van der Waals surface area contributed by atoms with Gasteiger partial charge in [0.05, 0.1) is 11.4 Å². The van der Waals surface area contributed by atoms with Crippen LogP contribution in [0.15, 0.2) is 176 Å². The fourth-order valence-electron chi connectivity index (χ4n) is 7.14. The van der Waals surface area contributed by atoms with Crippen LogP contribution in [0.3, 0.4) is 0 Å². The molecule has 0 saturated heterocycles. The van der Waals surface area contributed by atoms with Crippen LogP contribution in [0.2, 0.25) is 0 Å². The molecule has 0 fully saturated rings. The molecule has 45 heavy (non-hydrogen) atoms. The highest BCUT2D eigenvalue weighted by Crippen LogP contribution is 2.45. The van der Waals surface area contributed by atoms with E-state index < -0.39 is 0 Å². The van der Waals surface area contributed by atoms with Crippen molar-refractivity contribution in [2.24, 2.45) is 0 Å². The van der Waals surface area contributed by atoms with Crippen molar-refractivity contribution < 1.29 is 0 Å². The van der Waals surface area contributed by atoms with Gasteiger partial charge in [-0.15, -0.1) is 0 Å². The Morgan fingerprint density at radius 1 is 0.289 bits per heavy atom. The third-order valence-electron chi connectivity index (χ3n) is 9.18. The molecule has 0 N–H and O–H groups in total. The van der Waals surface area contributed by atoms with Gasteiger partial charge in [0, 0.05) is 16.5 Å². The molecular formula is C44H29N. The van der Waals surface area contributed by atoms with Gasteiger partial charge in [-0.2, -0.15) is 0 Å². The van der Waals surface area contributed by atoms with Gasteiger partial charge in [0.2, 0.25) is 0 Å². The largest absolute Gasteiger partial charge is 0.309 e. The van der Waals surface area contributed by atoms with Crippen molar-refractivity contribution in [3.05, 3.63) is 176 Å². The van der Waals surface area contributed by atoms with Crippen LogP contribution >= 0.6 is 0 Å². The van der Waals surface area contributed by atoms with Gasteiger partial charge in [-0.3, -0.25) is 0 Å². The average Bonchev–Trinajstić information content (AvgIpc) is 3.12. The van der Waals surface area contributed by atoms with Gasteiger partial charge in [-0.1, -0.05) is 146 Å². The van der Waals surface area contributed by atoms with Crippen LogP contribution in [0, 0.1) is 0 Å². The second-order valence-corrected chi connectivity index (χ2v) is 11.7. The highest BCUT2D eigenvalue weighted by Gasteiger charge is 2.20. The molecule has 0 spiro atoms. The summed E-state index contributed by atoms with van der Waals surface area (Å²) in [6, 6.07) is 64.1. The zero-order valence-corrected chi connectivity index (χ0v) is 24.7. The van der Waals surface area contributed by atoms with Crippen molar-refractivity contribution in [1.82, 2.24) is 0 Å². The third-order valence-corrected chi connectivity index (χ3v) is 9.18. The predicted octanol–water partition coefficient (Wildman–Crippen LogP) is 12.6. The molecule has 0 atom stereocenters. The molecule has 0 aliphatic carbocycles. The number of fused-ring (bicyclic) bond motifs is 7. The molecule has 1 nitrogen and oxygen atoms in total. The predicted molar refractivity (Wildman–Crippen MR) is 194 cm³/mol. The molecule has 0 aliphatic heterocycles. The quantitative estimate of drug-likeness (QED) is 0.190. The summed E-state index contributed by atoms with van der Waals surface area (Å²) in [5, 5.41) is 12.5. The lowest BCUT2D eigenvalue weighted by atomic mass is 9.93.